The average Bonchev–Trinajstić information content (AvgIpc) is 3.25. The third-order valence-corrected chi connectivity index (χ3v) is 5.71. The molecule has 2 fully saturated rings. The fourth-order valence-corrected chi connectivity index (χ4v) is 4.06. The zero-order valence-corrected chi connectivity index (χ0v) is 16.0. The Morgan fingerprint density at radius 3 is 1.74 bits per heavy atom. The summed E-state index contributed by atoms with van der Waals surface area (Å²) in [6.45, 7) is 8.25. The van der Waals surface area contributed by atoms with Gasteiger partial charge in [0.1, 0.15) is 0 Å². The van der Waals surface area contributed by atoms with Gasteiger partial charge in [-0.05, 0) is 36.1 Å². The lowest BCUT2D eigenvalue weighted by molar-refractivity contribution is 0.0792. The predicted molar refractivity (Wildman–Crippen MR) is 109 cm³/mol. The van der Waals surface area contributed by atoms with Gasteiger partial charge in [0.2, 0.25) is 0 Å². The van der Waals surface area contributed by atoms with Crippen molar-refractivity contribution in [2.24, 2.45) is 0 Å². The highest BCUT2D eigenvalue weighted by molar-refractivity contribution is 5.94. The van der Waals surface area contributed by atoms with Crippen molar-refractivity contribution in [2.45, 2.75) is 25.9 Å². The van der Waals surface area contributed by atoms with Gasteiger partial charge < -0.3 is 4.90 Å². The van der Waals surface area contributed by atoms with Crippen LogP contribution in [0.1, 0.15) is 34.3 Å². The minimum atomic E-state index is 0.188. The molecular weight excluding hydrogens is 334 g/mol. The van der Waals surface area contributed by atoms with Crippen molar-refractivity contribution in [3.63, 3.8) is 0 Å². The first-order valence-electron chi connectivity index (χ1n) is 10.1. The van der Waals surface area contributed by atoms with Gasteiger partial charge in [-0.2, -0.15) is 0 Å². The van der Waals surface area contributed by atoms with Crippen molar-refractivity contribution >= 4 is 5.91 Å². The average molecular weight is 364 g/mol. The van der Waals surface area contributed by atoms with Crippen LogP contribution in [-0.4, -0.2) is 59.9 Å². The molecular formula is C23H29N3O. The van der Waals surface area contributed by atoms with E-state index in [9.17, 15) is 4.79 Å². The number of rotatable bonds is 5. The molecule has 2 heterocycles. The Bertz CT molecular complexity index is 730. The number of hydrogen-bond acceptors (Lipinski definition) is 3. The third kappa shape index (κ3) is 4.76. The summed E-state index contributed by atoms with van der Waals surface area (Å²) in [4.78, 5) is 19.5. The van der Waals surface area contributed by atoms with Gasteiger partial charge in [-0.15, -0.1) is 0 Å². The molecule has 2 aliphatic heterocycles. The fraction of sp³-hybridized carbons (Fsp3) is 0.435. The molecule has 4 nitrogen and oxygen atoms in total. The molecule has 0 atom stereocenters. The van der Waals surface area contributed by atoms with Gasteiger partial charge in [0.25, 0.3) is 5.91 Å². The number of piperazine rings is 1. The number of hydrogen-bond donors (Lipinski definition) is 0. The molecule has 142 valence electrons. The maximum absolute atomic E-state index is 12.4. The molecule has 1 amide bonds. The molecule has 4 rings (SSSR count). The van der Waals surface area contributed by atoms with E-state index in [2.05, 4.69) is 52.3 Å². The Balaban J connectivity index is 1.26. The first-order chi connectivity index (χ1) is 13.3. The van der Waals surface area contributed by atoms with Crippen molar-refractivity contribution in [3.05, 3.63) is 71.3 Å². The molecule has 0 radical (unpaired) electrons. The van der Waals surface area contributed by atoms with Gasteiger partial charge >= 0.3 is 0 Å². The lowest BCUT2D eigenvalue weighted by Gasteiger charge is -2.34. The van der Waals surface area contributed by atoms with Gasteiger partial charge in [0, 0.05) is 57.9 Å². The van der Waals surface area contributed by atoms with Crippen LogP contribution in [0, 0.1) is 0 Å². The monoisotopic (exact) mass is 363 g/mol. The van der Waals surface area contributed by atoms with Crippen LogP contribution in [0.25, 0.3) is 0 Å². The minimum absolute atomic E-state index is 0.188. The second kappa shape index (κ2) is 8.68. The molecule has 0 N–H and O–H groups in total. The van der Waals surface area contributed by atoms with E-state index in [4.69, 9.17) is 0 Å². The van der Waals surface area contributed by atoms with Crippen molar-refractivity contribution < 1.29 is 4.79 Å². The molecule has 2 aromatic carbocycles. The molecule has 4 heteroatoms. The summed E-state index contributed by atoms with van der Waals surface area (Å²) in [5.41, 5.74) is 3.52. The minimum Gasteiger partial charge on any atom is -0.339 e. The van der Waals surface area contributed by atoms with Crippen molar-refractivity contribution in [1.82, 2.24) is 14.7 Å². The lowest BCUT2D eigenvalue weighted by Crippen LogP contribution is -2.45. The van der Waals surface area contributed by atoms with Crippen LogP contribution >= 0.6 is 0 Å². The van der Waals surface area contributed by atoms with Crippen LogP contribution in [0.2, 0.25) is 0 Å². The fourth-order valence-electron chi connectivity index (χ4n) is 4.06. The van der Waals surface area contributed by atoms with Gasteiger partial charge in [-0.1, -0.05) is 42.5 Å². The Morgan fingerprint density at radius 1 is 0.667 bits per heavy atom. The van der Waals surface area contributed by atoms with Crippen molar-refractivity contribution in [3.8, 4) is 0 Å². The smallest absolute Gasteiger partial charge is 0.253 e. The highest BCUT2D eigenvalue weighted by Crippen LogP contribution is 2.15. The molecule has 2 aromatic rings. The molecule has 0 saturated carbocycles. The number of carbonyl (C=O) groups is 1. The van der Waals surface area contributed by atoms with E-state index in [-0.39, 0.29) is 5.91 Å². The Hall–Kier alpha value is -2.17. The number of likely N-dealkylation sites (tertiary alicyclic amines) is 1. The van der Waals surface area contributed by atoms with Crippen LogP contribution in [0.15, 0.2) is 54.6 Å². The number of carbonyl (C=O) groups excluding carboxylic acids is 1. The van der Waals surface area contributed by atoms with Crippen molar-refractivity contribution in [1.29, 1.82) is 0 Å². The zero-order valence-electron chi connectivity index (χ0n) is 16.0. The van der Waals surface area contributed by atoms with Gasteiger partial charge in [-0.25, -0.2) is 0 Å². The Labute approximate surface area is 162 Å². The number of nitrogens with zero attached hydrogens (tertiary/aromatic N) is 3. The second-order valence-electron chi connectivity index (χ2n) is 7.73. The van der Waals surface area contributed by atoms with E-state index in [0.717, 1.165) is 70.8 Å². The topological polar surface area (TPSA) is 26.8 Å². The summed E-state index contributed by atoms with van der Waals surface area (Å²) < 4.78 is 0. The summed E-state index contributed by atoms with van der Waals surface area (Å²) >= 11 is 0. The van der Waals surface area contributed by atoms with Crippen LogP contribution in [0.5, 0.6) is 0 Å². The van der Waals surface area contributed by atoms with E-state index in [0.29, 0.717) is 0 Å². The quantitative estimate of drug-likeness (QED) is 0.816. The third-order valence-electron chi connectivity index (χ3n) is 5.71. The summed E-state index contributed by atoms with van der Waals surface area (Å²) in [5.74, 6) is 0.188. The van der Waals surface area contributed by atoms with Crippen LogP contribution in [0.4, 0.5) is 0 Å². The standard InChI is InChI=1S/C23H29N3O/c27-23(26-12-4-5-13-26)22-10-8-21(9-11-22)19-25-16-14-24(15-17-25)18-20-6-2-1-3-7-20/h1-3,6-11H,4-5,12-19H2. The van der Waals surface area contributed by atoms with Gasteiger partial charge in [0.05, 0.1) is 0 Å². The molecule has 0 unspecified atom stereocenters. The predicted octanol–water partition coefficient (Wildman–Crippen LogP) is 3.24. The molecule has 2 aliphatic rings. The molecule has 27 heavy (non-hydrogen) atoms. The molecule has 0 aliphatic carbocycles. The van der Waals surface area contributed by atoms with Gasteiger partial charge in [-0.3, -0.25) is 14.6 Å². The zero-order chi connectivity index (χ0) is 18.5. The summed E-state index contributed by atoms with van der Waals surface area (Å²) in [6.07, 6.45) is 2.28. The molecule has 0 bridgehead atoms. The molecule has 0 spiro atoms. The van der Waals surface area contributed by atoms with E-state index >= 15 is 0 Å². The first kappa shape index (κ1) is 18.2. The highest BCUT2D eigenvalue weighted by atomic mass is 16.2. The largest absolute Gasteiger partial charge is 0.339 e. The maximum Gasteiger partial charge on any atom is 0.253 e. The van der Waals surface area contributed by atoms with Crippen LogP contribution < -0.4 is 0 Å². The highest BCUT2D eigenvalue weighted by Gasteiger charge is 2.20. The van der Waals surface area contributed by atoms with E-state index in [1.165, 1.54) is 11.1 Å². The summed E-state index contributed by atoms with van der Waals surface area (Å²) in [6, 6.07) is 19.0. The summed E-state index contributed by atoms with van der Waals surface area (Å²) in [5, 5.41) is 0. The Morgan fingerprint density at radius 2 is 1.19 bits per heavy atom. The van der Waals surface area contributed by atoms with Crippen LogP contribution in [0.3, 0.4) is 0 Å². The van der Waals surface area contributed by atoms with Crippen LogP contribution in [-0.2, 0) is 13.1 Å². The molecule has 2 saturated heterocycles. The first-order valence-corrected chi connectivity index (χ1v) is 10.1. The van der Waals surface area contributed by atoms with E-state index < -0.39 is 0 Å². The Kier molecular flexibility index (Phi) is 5.85. The lowest BCUT2D eigenvalue weighted by atomic mass is 10.1. The second-order valence-corrected chi connectivity index (χ2v) is 7.73. The normalized spacial score (nSPS) is 18.7. The summed E-state index contributed by atoms with van der Waals surface area (Å²) in [7, 11) is 0. The van der Waals surface area contributed by atoms with E-state index in [1.54, 1.807) is 0 Å². The maximum atomic E-state index is 12.4. The van der Waals surface area contributed by atoms with Gasteiger partial charge in [0.15, 0.2) is 0 Å². The number of amides is 1. The SMILES string of the molecule is O=C(c1ccc(CN2CCN(Cc3ccccc3)CC2)cc1)N1CCCC1. The molecule has 0 aromatic heterocycles. The van der Waals surface area contributed by atoms with E-state index in [1.807, 2.05) is 17.0 Å². The van der Waals surface area contributed by atoms with Crippen molar-refractivity contribution in [2.75, 3.05) is 39.3 Å². The number of benzene rings is 2.